The van der Waals surface area contributed by atoms with Crippen molar-refractivity contribution in [2.75, 3.05) is 0 Å². The first-order chi connectivity index (χ1) is 5.65. The molecule has 1 N–H and O–H groups in total. The summed E-state index contributed by atoms with van der Waals surface area (Å²) in [4.78, 5) is 7.68. The molecule has 0 aliphatic rings. The van der Waals surface area contributed by atoms with Crippen molar-refractivity contribution in [3.8, 4) is 0 Å². The highest BCUT2D eigenvalue weighted by Crippen LogP contribution is 2.18. The number of aromatic amines is 1. The van der Waals surface area contributed by atoms with Gasteiger partial charge in [-0.2, -0.15) is 0 Å². The van der Waals surface area contributed by atoms with Gasteiger partial charge in [0.25, 0.3) is 0 Å². The van der Waals surface area contributed by atoms with Gasteiger partial charge in [-0.15, -0.1) is 0 Å². The topological polar surface area (TPSA) is 28.7 Å². The van der Waals surface area contributed by atoms with Gasteiger partial charge < -0.3 is 4.98 Å². The van der Waals surface area contributed by atoms with Crippen LogP contribution in [-0.2, 0) is 0 Å². The Hall–Kier alpha value is -0.790. The third kappa shape index (κ3) is 1.87. The van der Waals surface area contributed by atoms with Crippen LogP contribution in [0, 0.1) is 0 Å². The molecule has 0 amide bonds. The highest BCUT2D eigenvalue weighted by molar-refractivity contribution is 5.08. The van der Waals surface area contributed by atoms with Gasteiger partial charge in [0.2, 0.25) is 0 Å². The number of H-pyrrole nitrogens is 1. The molecule has 0 aromatic carbocycles. The number of imidazole rings is 1. The van der Waals surface area contributed by atoms with Gasteiger partial charge in [-0.25, -0.2) is 4.98 Å². The van der Waals surface area contributed by atoms with Crippen LogP contribution in [0.1, 0.15) is 57.5 Å². The Kier molecular flexibility index (Phi) is 2.90. The van der Waals surface area contributed by atoms with Crippen LogP contribution in [0.4, 0.5) is 0 Å². The molecule has 1 aromatic rings. The van der Waals surface area contributed by atoms with Crippen molar-refractivity contribution in [1.29, 1.82) is 0 Å². The fraction of sp³-hybridized carbons (Fsp3) is 0.700. The number of nitrogens with zero attached hydrogens (tertiary/aromatic N) is 1. The van der Waals surface area contributed by atoms with Crippen molar-refractivity contribution in [3.63, 3.8) is 0 Å². The van der Waals surface area contributed by atoms with E-state index in [4.69, 9.17) is 0 Å². The normalized spacial score (nSPS) is 13.8. The highest BCUT2D eigenvalue weighted by atomic mass is 14.9. The number of rotatable bonds is 3. The molecule has 0 spiro atoms. The molecule has 0 aliphatic heterocycles. The minimum Gasteiger partial charge on any atom is -0.345 e. The van der Waals surface area contributed by atoms with E-state index in [0.717, 1.165) is 5.82 Å². The van der Waals surface area contributed by atoms with Crippen LogP contribution in [0.5, 0.6) is 0 Å². The predicted molar refractivity (Wildman–Crippen MR) is 51.4 cm³/mol. The van der Waals surface area contributed by atoms with Gasteiger partial charge in [-0.3, -0.25) is 0 Å². The fourth-order valence-corrected chi connectivity index (χ4v) is 1.12. The summed E-state index contributed by atoms with van der Waals surface area (Å²) >= 11 is 0. The van der Waals surface area contributed by atoms with Crippen LogP contribution in [0.3, 0.4) is 0 Å². The van der Waals surface area contributed by atoms with Crippen LogP contribution in [-0.4, -0.2) is 9.97 Å². The lowest BCUT2D eigenvalue weighted by atomic mass is 10.1. The van der Waals surface area contributed by atoms with Gasteiger partial charge in [-0.1, -0.05) is 27.7 Å². The first-order valence-electron chi connectivity index (χ1n) is 4.70. The molecule has 2 nitrogen and oxygen atoms in total. The zero-order chi connectivity index (χ0) is 9.14. The summed E-state index contributed by atoms with van der Waals surface area (Å²) in [6.07, 6.45) is 3.13. The molecule has 12 heavy (non-hydrogen) atoms. The van der Waals surface area contributed by atoms with E-state index in [1.54, 1.807) is 0 Å². The standard InChI is InChI=1S/C10H18N2/c1-5-8(4)9-6-11-10(12-9)7(2)3/h6-8H,5H2,1-4H3,(H,11,12). The molecular weight excluding hydrogens is 148 g/mol. The van der Waals surface area contributed by atoms with Crippen molar-refractivity contribution < 1.29 is 0 Å². The van der Waals surface area contributed by atoms with Crippen molar-refractivity contribution >= 4 is 0 Å². The summed E-state index contributed by atoms with van der Waals surface area (Å²) in [7, 11) is 0. The molecule has 1 heterocycles. The maximum Gasteiger partial charge on any atom is 0.108 e. The quantitative estimate of drug-likeness (QED) is 0.734. The van der Waals surface area contributed by atoms with E-state index in [-0.39, 0.29) is 0 Å². The molecule has 0 bridgehead atoms. The number of nitrogens with one attached hydrogen (secondary N) is 1. The Bertz CT molecular complexity index is 238. The van der Waals surface area contributed by atoms with E-state index in [1.807, 2.05) is 6.20 Å². The molecule has 1 rings (SSSR count). The van der Waals surface area contributed by atoms with E-state index in [9.17, 15) is 0 Å². The van der Waals surface area contributed by atoms with Gasteiger partial charge in [0, 0.05) is 17.8 Å². The first kappa shape index (κ1) is 9.30. The Morgan fingerprint density at radius 2 is 2.08 bits per heavy atom. The van der Waals surface area contributed by atoms with Gasteiger partial charge >= 0.3 is 0 Å². The molecule has 1 unspecified atom stereocenters. The largest absolute Gasteiger partial charge is 0.345 e. The fourth-order valence-electron chi connectivity index (χ4n) is 1.12. The second-order valence-electron chi connectivity index (χ2n) is 3.69. The van der Waals surface area contributed by atoms with Crippen LogP contribution in [0.25, 0.3) is 0 Å². The summed E-state index contributed by atoms with van der Waals surface area (Å²) in [6, 6.07) is 0. The molecule has 2 heteroatoms. The van der Waals surface area contributed by atoms with Crippen LogP contribution in [0.2, 0.25) is 0 Å². The molecule has 0 fully saturated rings. The average Bonchev–Trinajstić information content (AvgIpc) is 2.51. The first-order valence-corrected chi connectivity index (χ1v) is 4.70. The van der Waals surface area contributed by atoms with Crippen LogP contribution >= 0.6 is 0 Å². The number of hydrogen-bond acceptors (Lipinski definition) is 1. The Labute approximate surface area is 74.4 Å². The summed E-state index contributed by atoms with van der Waals surface area (Å²) in [6.45, 7) is 8.72. The Morgan fingerprint density at radius 1 is 1.42 bits per heavy atom. The number of hydrogen-bond donors (Lipinski definition) is 1. The highest BCUT2D eigenvalue weighted by Gasteiger charge is 2.08. The van der Waals surface area contributed by atoms with Crippen molar-refractivity contribution in [3.05, 3.63) is 17.7 Å². The average molecular weight is 166 g/mol. The molecule has 1 atom stereocenters. The van der Waals surface area contributed by atoms with Crippen molar-refractivity contribution in [1.82, 2.24) is 9.97 Å². The van der Waals surface area contributed by atoms with Crippen molar-refractivity contribution in [2.24, 2.45) is 0 Å². The van der Waals surface area contributed by atoms with E-state index < -0.39 is 0 Å². The summed E-state index contributed by atoms with van der Waals surface area (Å²) < 4.78 is 0. The zero-order valence-corrected chi connectivity index (χ0v) is 8.39. The molecule has 0 saturated carbocycles. The zero-order valence-electron chi connectivity index (χ0n) is 8.39. The van der Waals surface area contributed by atoms with Gasteiger partial charge in [0.05, 0.1) is 0 Å². The molecule has 1 aromatic heterocycles. The summed E-state index contributed by atoms with van der Waals surface area (Å²) in [5.74, 6) is 2.21. The maximum atomic E-state index is 4.33. The summed E-state index contributed by atoms with van der Waals surface area (Å²) in [5, 5.41) is 0. The second kappa shape index (κ2) is 3.74. The lowest BCUT2D eigenvalue weighted by molar-refractivity contribution is 0.703. The van der Waals surface area contributed by atoms with E-state index in [1.165, 1.54) is 12.1 Å². The predicted octanol–water partition coefficient (Wildman–Crippen LogP) is 3.05. The minimum atomic E-state index is 0.503. The van der Waals surface area contributed by atoms with E-state index in [2.05, 4.69) is 37.7 Å². The van der Waals surface area contributed by atoms with E-state index in [0.29, 0.717) is 11.8 Å². The van der Waals surface area contributed by atoms with Crippen molar-refractivity contribution in [2.45, 2.75) is 46.0 Å². The molecule has 0 saturated heterocycles. The maximum absolute atomic E-state index is 4.33. The van der Waals surface area contributed by atoms with Gasteiger partial charge in [-0.05, 0) is 12.3 Å². The molecule has 0 aliphatic carbocycles. The van der Waals surface area contributed by atoms with Gasteiger partial charge in [0.1, 0.15) is 5.82 Å². The monoisotopic (exact) mass is 166 g/mol. The third-order valence-corrected chi connectivity index (χ3v) is 2.31. The van der Waals surface area contributed by atoms with Crippen LogP contribution in [0.15, 0.2) is 6.20 Å². The van der Waals surface area contributed by atoms with E-state index >= 15 is 0 Å². The minimum absolute atomic E-state index is 0.503. The number of aromatic nitrogens is 2. The lowest BCUT2D eigenvalue weighted by Gasteiger charge is -2.04. The van der Waals surface area contributed by atoms with Gasteiger partial charge in [0.15, 0.2) is 0 Å². The third-order valence-electron chi connectivity index (χ3n) is 2.31. The Morgan fingerprint density at radius 3 is 2.50 bits per heavy atom. The lowest BCUT2D eigenvalue weighted by Crippen LogP contribution is -1.93. The molecular formula is C10H18N2. The smallest absolute Gasteiger partial charge is 0.108 e. The second-order valence-corrected chi connectivity index (χ2v) is 3.69. The molecule has 0 radical (unpaired) electrons. The molecule has 68 valence electrons. The van der Waals surface area contributed by atoms with Crippen LogP contribution < -0.4 is 0 Å². The summed E-state index contributed by atoms with van der Waals surface area (Å²) in [5.41, 5.74) is 1.27. The Balaban J connectivity index is 2.77. The SMILES string of the molecule is CCC(C)c1cnc(C(C)C)[nH]1.